The van der Waals surface area contributed by atoms with Gasteiger partial charge in [-0.05, 0) is 60.7 Å². The first-order valence-corrected chi connectivity index (χ1v) is 9.82. The Morgan fingerprint density at radius 2 is 1.10 bits per heavy atom. The molecule has 2 heterocycles. The molecule has 4 rings (SSSR count). The summed E-state index contributed by atoms with van der Waals surface area (Å²) >= 11 is 0. The standard InChI is InChI=1S/C23H20F3N3O2/c24-23(25,26)19-7-3-17(4-8-19)21(30)28-13-15-29(16-14-28)22(31)18-5-9-20(10-6-18)27-11-1-2-12-27/h1-12H,13-16H2. The maximum Gasteiger partial charge on any atom is 0.416 e. The fourth-order valence-corrected chi connectivity index (χ4v) is 3.56. The third-order valence-corrected chi connectivity index (χ3v) is 5.33. The van der Waals surface area contributed by atoms with E-state index in [0.717, 1.165) is 17.8 Å². The minimum atomic E-state index is -4.44. The number of rotatable bonds is 3. The number of amides is 2. The highest BCUT2D eigenvalue weighted by molar-refractivity contribution is 5.96. The van der Waals surface area contributed by atoms with Gasteiger partial charge in [-0.3, -0.25) is 9.59 Å². The maximum atomic E-state index is 12.8. The molecule has 31 heavy (non-hydrogen) atoms. The Morgan fingerprint density at radius 3 is 1.52 bits per heavy atom. The molecule has 0 spiro atoms. The van der Waals surface area contributed by atoms with E-state index in [-0.39, 0.29) is 17.4 Å². The van der Waals surface area contributed by atoms with Crippen LogP contribution >= 0.6 is 0 Å². The molecule has 0 atom stereocenters. The van der Waals surface area contributed by atoms with E-state index in [0.29, 0.717) is 31.7 Å². The van der Waals surface area contributed by atoms with Gasteiger partial charge in [-0.2, -0.15) is 13.2 Å². The third kappa shape index (κ3) is 4.47. The lowest BCUT2D eigenvalue weighted by Gasteiger charge is -2.35. The molecular weight excluding hydrogens is 407 g/mol. The summed E-state index contributed by atoms with van der Waals surface area (Å²) in [4.78, 5) is 28.6. The Kier molecular flexibility index (Phi) is 5.54. The van der Waals surface area contributed by atoms with E-state index >= 15 is 0 Å². The van der Waals surface area contributed by atoms with Crippen LogP contribution in [0.15, 0.2) is 73.1 Å². The van der Waals surface area contributed by atoms with Crippen LogP contribution in [0.5, 0.6) is 0 Å². The van der Waals surface area contributed by atoms with Crippen LogP contribution in [0.1, 0.15) is 26.3 Å². The molecule has 1 aromatic heterocycles. The van der Waals surface area contributed by atoms with E-state index in [2.05, 4.69) is 0 Å². The van der Waals surface area contributed by atoms with E-state index < -0.39 is 11.7 Å². The lowest BCUT2D eigenvalue weighted by Crippen LogP contribution is -2.50. The molecule has 1 aliphatic heterocycles. The quantitative estimate of drug-likeness (QED) is 0.632. The summed E-state index contributed by atoms with van der Waals surface area (Å²) in [5.74, 6) is -0.447. The first kappa shape index (κ1) is 20.7. The minimum absolute atomic E-state index is 0.110. The van der Waals surface area contributed by atoms with E-state index in [1.54, 1.807) is 21.9 Å². The number of alkyl halides is 3. The summed E-state index contributed by atoms with van der Waals surface area (Å²) in [5, 5.41) is 0. The number of hydrogen-bond donors (Lipinski definition) is 0. The molecule has 0 aliphatic carbocycles. The molecule has 8 heteroatoms. The van der Waals surface area contributed by atoms with Gasteiger partial charge in [-0.1, -0.05) is 0 Å². The highest BCUT2D eigenvalue weighted by Gasteiger charge is 2.31. The fourth-order valence-electron chi connectivity index (χ4n) is 3.56. The second-order valence-electron chi connectivity index (χ2n) is 7.30. The SMILES string of the molecule is O=C(c1ccc(-n2cccc2)cc1)N1CCN(C(=O)c2ccc(C(F)(F)F)cc2)CC1. The van der Waals surface area contributed by atoms with Gasteiger partial charge in [0, 0.05) is 55.4 Å². The van der Waals surface area contributed by atoms with Crippen LogP contribution in [0.2, 0.25) is 0 Å². The molecular formula is C23H20F3N3O2. The Labute approximate surface area is 177 Å². The first-order valence-electron chi connectivity index (χ1n) is 9.82. The molecule has 1 aliphatic rings. The summed E-state index contributed by atoms with van der Waals surface area (Å²) in [6.07, 6.45) is -0.596. The van der Waals surface area contributed by atoms with Gasteiger partial charge in [-0.15, -0.1) is 0 Å². The second-order valence-corrected chi connectivity index (χ2v) is 7.30. The molecule has 5 nitrogen and oxygen atoms in total. The summed E-state index contributed by atoms with van der Waals surface area (Å²) in [6.45, 7) is 1.38. The van der Waals surface area contributed by atoms with Crippen molar-refractivity contribution in [1.29, 1.82) is 0 Å². The smallest absolute Gasteiger partial charge is 0.335 e. The molecule has 3 aromatic rings. The van der Waals surface area contributed by atoms with Crippen LogP contribution in [0, 0.1) is 0 Å². The number of benzene rings is 2. The number of nitrogens with zero attached hydrogens (tertiary/aromatic N) is 3. The van der Waals surface area contributed by atoms with E-state index in [1.807, 2.05) is 41.2 Å². The number of carbonyl (C=O) groups is 2. The zero-order chi connectivity index (χ0) is 22.0. The molecule has 1 fully saturated rings. The van der Waals surface area contributed by atoms with Gasteiger partial charge in [0.15, 0.2) is 0 Å². The van der Waals surface area contributed by atoms with Gasteiger partial charge in [0.05, 0.1) is 5.56 Å². The number of carbonyl (C=O) groups excluding carboxylic acids is 2. The predicted octanol–water partition coefficient (Wildman–Crippen LogP) is 4.09. The van der Waals surface area contributed by atoms with Crippen molar-refractivity contribution in [3.05, 3.63) is 89.7 Å². The topological polar surface area (TPSA) is 45.6 Å². The van der Waals surface area contributed by atoms with E-state index in [9.17, 15) is 22.8 Å². The van der Waals surface area contributed by atoms with Gasteiger partial charge in [0.2, 0.25) is 0 Å². The summed E-state index contributed by atoms with van der Waals surface area (Å²) in [6, 6.07) is 15.3. The third-order valence-electron chi connectivity index (χ3n) is 5.33. The lowest BCUT2D eigenvalue weighted by molar-refractivity contribution is -0.137. The van der Waals surface area contributed by atoms with E-state index in [1.165, 1.54) is 12.1 Å². The second kappa shape index (κ2) is 8.29. The van der Waals surface area contributed by atoms with Crippen molar-refractivity contribution in [3.63, 3.8) is 0 Å². The summed E-state index contributed by atoms with van der Waals surface area (Å²) in [7, 11) is 0. The largest absolute Gasteiger partial charge is 0.416 e. The van der Waals surface area contributed by atoms with Crippen molar-refractivity contribution in [1.82, 2.24) is 14.4 Å². The van der Waals surface area contributed by atoms with Gasteiger partial charge < -0.3 is 14.4 Å². The number of aromatic nitrogens is 1. The summed E-state index contributed by atoms with van der Waals surface area (Å²) < 4.78 is 40.0. The Morgan fingerprint density at radius 1 is 0.677 bits per heavy atom. The molecule has 0 saturated carbocycles. The van der Waals surface area contributed by atoms with Gasteiger partial charge in [0.25, 0.3) is 11.8 Å². The number of hydrogen-bond acceptors (Lipinski definition) is 2. The van der Waals surface area contributed by atoms with Crippen molar-refractivity contribution in [2.45, 2.75) is 6.18 Å². The Bertz CT molecular complexity index is 1050. The van der Waals surface area contributed by atoms with Crippen LogP contribution in [-0.2, 0) is 6.18 Å². The highest BCUT2D eigenvalue weighted by Crippen LogP contribution is 2.29. The van der Waals surface area contributed by atoms with Crippen LogP contribution in [0.3, 0.4) is 0 Å². The summed E-state index contributed by atoms with van der Waals surface area (Å²) in [5.41, 5.74) is 0.933. The van der Waals surface area contributed by atoms with Gasteiger partial charge >= 0.3 is 6.18 Å². The van der Waals surface area contributed by atoms with Crippen molar-refractivity contribution in [3.8, 4) is 5.69 Å². The molecule has 2 aromatic carbocycles. The normalized spacial score (nSPS) is 14.5. The molecule has 0 radical (unpaired) electrons. The van der Waals surface area contributed by atoms with Crippen LogP contribution < -0.4 is 0 Å². The molecule has 1 saturated heterocycles. The molecule has 2 amide bonds. The van der Waals surface area contributed by atoms with Gasteiger partial charge in [-0.25, -0.2) is 0 Å². The first-order chi connectivity index (χ1) is 14.8. The van der Waals surface area contributed by atoms with Crippen LogP contribution in [0.4, 0.5) is 13.2 Å². The molecule has 0 unspecified atom stereocenters. The zero-order valence-electron chi connectivity index (χ0n) is 16.5. The van der Waals surface area contributed by atoms with Crippen LogP contribution in [0.25, 0.3) is 5.69 Å². The average molecular weight is 427 g/mol. The molecule has 0 bridgehead atoms. The number of halogens is 3. The minimum Gasteiger partial charge on any atom is -0.335 e. The maximum absolute atomic E-state index is 12.8. The fraction of sp³-hybridized carbons (Fsp3) is 0.217. The van der Waals surface area contributed by atoms with Crippen molar-refractivity contribution in [2.24, 2.45) is 0 Å². The van der Waals surface area contributed by atoms with Crippen molar-refractivity contribution < 1.29 is 22.8 Å². The monoisotopic (exact) mass is 427 g/mol. The zero-order valence-corrected chi connectivity index (χ0v) is 16.5. The van der Waals surface area contributed by atoms with E-state index in [4.69, 9.17) is 0 Å². The van der Waals surface area contributed by atoms with Crippen LogP contribution in [-0.4, -0.2) is 52.4 Å². The van der Waals surface area contributed by atoms with Crippen molar-refractivity contribution >= 4 is 11.8 Å². The average Bonchev–Trinajstić information content (AvgIpc) is 3.33. The molecule has 0 N–H and O–H groups in total. The van der Waals surface area contributed by atoms with Gasteiger partial charge in [0.1, 0.15) is 0 Å². The predicted molar refractivity (Wildman–Crippen MR) is 109 cm³/mol. The Hall–Kier alpha value is -3.55. The van der Waals surface area contributed by atoms with Crippen molar-refractivity contribution in [2.75, 3.05) is 26.2 Å². The number of piperazine rings is 1. The molecule has 160 valence electrons. The lowest BCUT2D eigenvalue weighted by atomic mass is 10.1. The Balaban J connectivity index is 1.35. The highest BCUT2D eigenvalue weighted by atomic mass is 19.4.